The molecule has 2 heterocycles. The smallest absolute Gasteiger partial charge is 0.413 e. The van der Waals surface area contributed by atoms with Gasteiger partial charge in [0, 0.05) is 11.6 Å². The number of anilines is 1. The van der Waals surface area contributed by atoms with E-state index in [1.807, 2.05) is 32.9 Å². The van der Waals surface area contributed by atoms with E-state index in [9.17, 15) is 4.79 Å². The minimum atomic E-state index is -0.513. The lowest BCUT2D eigenvalue weighted by Crippen LogP contribution is -2.27. The number of fused-ring (bicyclic) bond motifs is 1. The fourth-order valence-corrected chi connectivity index (χ4v) is 1.41. The van der Waals surface area contributed by atoms with Gasteiger partial charge in [-0.3, -0.25) is 5.32 Å². The number of aromatic nitrogens is 2. The van der Waals surface area contributed by atoms with Crippen LogP contribution in [-0.2, 0) is 4.74 Å². The maximum absolute atomic E-state index is 11.5. The number of rotatable bonds is 1. The summed E-state index contributed by atoms with van der Waals surface area (Å²) >= 11 is 0. The van der Waals surface area contributed by atoms with Crippen LogP contribution in [0, 0.1) is 0 Å². The summed E-state index contributed by atoms with van der Waals surface area (Å²) in [6, 6.07) is 5.53. The van der Waals surface area contributed by atoms with Crippen molar-refractivity contribution < 1.29 is 9.53 Å². The highest BCUT2D eigenvalue weighted by Gasteiger charge is 2.16. The first kappa shape index (κ1) is 11.4. The summed E-state index contributed by atoms with van der Waals surface area (Å²) in [4.78, 5) is 18.7. The Morgan fingerprint density at radius 1 is 1.35 bits per heavy atom. The minimum Gasteiger partial charge on any atom is -0.444 e. The zero-order valence-corrected chi connectivity index (χ0v) is 10.1. The molecule has 0 aliphatic heterocycles. The summed E-state index contributed by atoms with van der Waals surface area (Å²) in [5.41, 5.74) is 0.221. The Hall–Kier alpha value is -2.04. The molecule has 2 aromatic rings. The van der Waals surface area contributed by atoms with E-state index >= 15 is 0 Å². The van der Waals surface area contributed by atoms with Gasteiger partial charge in [-0.05, 0) is 39.0 Å². The van der Waals surface area contributed by atoms with Gasteiger partial charge in [-0.25, -0.2) is 9.78 Å². The molecular formula is C12H15N3O2. The van der Waals surface area contributed by atoms with Crippen LogP contribution in [0.2, 0.25) is 0 Å². The number of hydrogen-bond donors (Lipinski definition) is 2. The van der Waals surface area contributed by atoms with Gasteiger partial charge in [0.05, 0.1) is 0 Å². The average molecular weight is 233 g/mol. The number of ether oxygens (including phenoxy) is 1. The van der Waals surface area contributed by atoms with Crippen LogP contribution in [0.4, 0.5) is 10.6 Å². The van der Waals surface area contributed by atoms with E-state index in [-0.39, 0.29) is 0 Å². The highest BCUT2D eigenvalue weighted by Crippen LogP contribution is 2.14. The summed E-state index contributed by atoms with van der Waals surface area (Å²) in [5.74, 6) is 0.467. The van der Waals surface area contributed by atoms with Crippen LogP contribution in [0.5, 0.6) is 0 Å². The third kappa shape index (κ3) is 2.96. The van der Waals surface area contributed by atoms with Crippen LogP contribution in [0.3, 0.4) is 0 Å². The molecule has 2 N–H and O–H groups in total. The largest absolute Gasteiger partial charge is 0.444 e. The van der Waals surface area contributed by atoms with Gasteiger partial charge in [0.15, 0.2) is 0 Å². The Morgan fingerprint density at radius 3 is 2.82 bits per heavy atom. The number of nitrogens with one attached hydrogen (secondary N) is 2. The van der Waals surface area contributed by atoms with Gasteiger partial charge >= 0.3 is 6.09 Å². The Kier molecular flexibility index (Phi) is 2.75. The number of carbonyl (C=O) groups is 1. The van der Waals surface area contributed by atoms with Gasteiger partial charge in [0.25, 0.3) is 0 Å². The summed E-state index contributed by atoms with van der Waals surface area (Å²) in [5, 5.41) is 3.59. The number of hydrogen-bond acceptors (Lipinski definition) is 3. The van der Waals surface area contributed by atoms with E-state index in [4.69, 9.17) is 4.74 Å². The maximum Gasteiger partial charge on any atom is 0.413 e. The fraction of sp³-hybridized carbons (Fsp3) is 0.333. The van der Waals surface area contributed by atoms with Crippen LogP contribution in [0.25, 0.3) is 11.0 Å². The molecule has 0 spiro atoms. The Balaban J connectivity index is 2.10. The van der Waals surface area contributed by atoms with E-state index in [0.29, 0.717) is 5.82 Å². The van der Waals surface area contributed by atoms with Crippen molar-refractivity contribution in [2.45, 2.75) is 26.4 Å². The van der Waals surface area contributed by atoms with Crippen molar-refractivity contribution in [1.82, 2.24) is 9.97 Å². The lowest BCUT2D eigenvalue weighted by molar-refractivity contribution is 0.0635. The number of aromatic amines is 1. The zero-order valence-electron chi connectivity index (χ0n) is 10.1. The van der Waals surface area contributed by atoms with Crippen LogP contribution in [-0.4, -0.2) is 21.7 Å². The first-order chi connectivity index (χ1) is 7.94. The van der Waals surface area contributed by atoms with Crippen molar-refractivity contribution in [3.63, 3.8) is 0 Å². The second kappa shape index (κ2) is 4.08. The lowest BCUT2D eigenvalue weighted by Gasteiger charge is -2.19. The molecule has 2 rings (SSSR count). The van der Waals surface area contributed by atoms with Crippen molar-refractivity contribution in [1.29, 1.82) is 0 Å². The maximum atomic E-state index is 11.5. The molecule has 0 bridgehead atoms. The first-order valence-electron chi connectivity index (χ1n) is 5.38. The second-order valence-electron chi connectivity index (χ2n) is 4.74. The van der Waals surface area contributed by atoms with Gasteiger partial charge in [-0.1, -0.05) is 0 Å². The molecule has 0 saturated carbocycles. The number of amides is 1. The molecule has 0 aliphatic carbocycles. The molecule has 5 heteroatoms. The average Bonchev–Trinajstić information content (AvgIpc) is 2.61. The highest BCUT2D eigenvalue weighted by molar-refractivity contribution is 5.86. The Labute approximate surface area is 99.2 Å². The van der Waals surface area contributed by atoms with Crippen LogP contribution in [0.1, 0.15) is 20.8 Å². The third-order valence-electron chi connectivity index (χ3n) is 2.04. The molecule has 0 atom stereocenters. The molecule has 90 valence electrons. The van der Waals surface area contributed by atoms with Crippen molar-refractivity contribution in [2.24, 2.45) is 0 Å². The third-order valence-corrected chi connectivity index (χ3v) is 2.04. The van der Waals surface area contributed by atoms with E-state index in [1.54, 1.807) is 12.3 Å². The summed E-state index contributed by atoms with van der Waals surface area (Å²) in [6.07, 6.45) is 1.30. The SMILES string of the molecule is CC(C)(C)OC(=O)Nc1ccc2cc[nH]c2n1. The number of nitrogens with zero attached hydrogens (tertiary/aromatic N) is 1. The fourth-order valence-electron chi connectivity index (χ4n) is 1.41. The predicted molar refractivity (Wildman–Crippen MR) is 66.0 cm³/mol. The minimum absolute atomic E-state index is 0.467. The quantitative estimate of drug-likeness (QED) is 0.795. The number of pyridine rings is 1. The monoisotopic (exact) mass is 233 g/mol. The van der Waals surface area contributed by atoms with E-state index in [1.165, 1.54) is 0 Å². The number of H-pyrrole nitrogens is 1. The summed E-state index contributed by atoms with van der Waals surface area (Å²) in [7, 11) is 0. The molecule has 0 aliphatic rings. The van der Waals surface area contributed by atoms with Gasteiger partial charge in [-0.2, -0.15) is 0 Å². The second-order valence-corrected chi connectivity index (χ2v) is 4.74. The molecule has 0 unspecified atom stereocenters. The molecule has 5 nitrogen and oxygen atoms in total. The van der Waals surface area contributed by atoms with Gasteiger partial charge in [-0.15, -0.1) is 0 Å². The molecule has 0 aromatic carbocycles. The Morgan fingerprint density at radius 2 is 2.12 bits per heavy atom. The normalized spacial score (nSPS) is 11.5. The van der Waals surface area contributed by atoms with Crippen molar-refractivity contribution in [3.8, 4) is 0 Å². The predicted octanol–water partition coefficient (Wildman–Crippen LogP) is 2.91. The summed E-state index contributed by atoms with van der Waals surface area (Å²) < 4.78 is 5.13. The molecular weight excluding hydrogens is 218 g/mol. The molecule has 1 amide bonds. The van der Waals surface area contributed by atoms with E-state index in [2.05, 4.69) is 15.3 Å². The van der Waals surface area contributed by atoms with Gasteiger partial charge in [0.2, 0.25) is 0 Å². The standard InChI is InChI=1S/C12H15N3O2/c1-12(2,3)17-11(16)15-9-5-4-8-6-7-13-10(8)14-9/h4-7H,1-3H3,(H2,13,14,15,16). The number of carbonyl (C=O) groups excluding carboxylic acids is 1. The molecule has 0 saturated heterocycles. The van der Waals surface area contributed by atoms with Crippen LogP contribution in [0.15, 0.2) is 24.4 Å². The first-order valence-corrected chi connectivity index (χ1v) is 5.38. The molecule has 17 heavy (non-hydrogen) atoms. The summed E-state index contributed by atoms with van der Waals surface area (Å²) in [6.45, 7) is 5.44. The molecule has 2 aromatic heterocycles. The van der Waals surface area contributed by atoms with Crippen LogP contribution < -0.4 is 5.32 Å². The van der Waals surface area contributed by atoms with E-state index < -0.39 is 11.7 Å². The molecule has 0 radical (unpaired) electrons. The van der Waals surface area contributed by atoms with Crippen molar-refractivity contribution >= 4 is 22.9 Å². The van der Waals surface area contributed by atoms with Crippen molar-refractivity contribution in [2.75, 3.05) is 5.32 Å². The van der Waals surface area contributed by atoms with Crippen LogP contribution >= 0.6 is 0 Å². The lowest BCUT2D eigenvalue weighted by atomic mass is 10.2. The Bertz CT molecular complexity index is 540. The van der Waals surface area contributed by atoms with E-state index in [0.717, 1.165) is 11.0 Å². The molecule has 0 fully saturated rings. The van der Waals surface area contributed by atoms with Crippen molar-refractivity contribution in [3.05, 3.63) is 24.4 Å². The van der Waals surface area contributed by atoms with Gasteiger partial charge in [0.1, 0.15) is 17.1 Å². The topological polar surface area (TPSA) is 67.0 Å². The van der Waals surface area contributed by atoms with Gasteiger partial charge < -0.3 is 9.72 Å². The zero-order chi connectivity index (χ0) is 12.5. The highest BCUT2D eigenvalue weighted by atomic mass is 16.6.